The van der Waals surface area contributed by atoms with Crippen LogP contribution in [0.1, 0.15) is 22.8 Å². The zero-order chi connectivity index (χ0) is 15.1. The molecule has 0 unspecified atom stereocenters. The van der Waals surface area contributed by atoms with Crippen LogP contribution in [0.25, 0.3) is 0 Å². The van der Waals surface area contributed by atoms with Crippen molar-refractivity contribution in [2.45, 2.75) is 13.3 Å². The lowest BCUT2D eigenvalue weighted by Gasteiger charge is -2.03. The minimum atomic E-state index is -0.249. The van der Waals surface area contributed by atoms with Gasteiger partial charge in [0.25, 0.3) is 0 Å². The Kier molecular flexibility index (Phi) is 4.99. The number of nitrogens with zero attached hydrogens (tertiary/aromatic N) is 1. The Labute approximate surface area is 123 Å². The molecule has 0 saturated carbocycles. The molecule has 1 N–H and O–H groups in total. The van der Waals surface area contributed by atoms with Crippen molar-refractivity contribution in [1.82, 2.24) is 5.43 Å². The van der Waals surface area contributed by atoms with Crippen molar-refractivity contribution >= 4 is 17.4 Å². The van der Waals surface area contributed by atoms with E-state index in [9.17, 15) is 9.59 Å². The Hall–Kier alpha value is -2.75. The minimum Gasteiger partial charge on any atom is -0.287 e. The third-order valence-corrected chi connectivity index (χ3v) is 2.92. The van der Waals surface area contributed by atoms with E-state index >= 15 is 0 Å². The summed E-state index contributed by atoms with van der Waals surface area (Å²) in [4.78, 5) is 23.8. The zero-order valence-electron chi connectivity index (χ0n) is 11.7. The maximum atomic E-state index is 12.0. The fourth-order valence-electron chi connectivity index (χ4n) is 1.82. The van der Waals surface area contributed by atoms with Crippen LogP contribution in [0.4, 0.5) is 0 Å². The third kappa shape index (κ3) is 4.38. The predicted octanol–water partition coefficient (Wildman–Crippen LogP) is 2.60. The molecular formula is C17H16N2O2. The standard InChI is InChI=1S/C17H16N2O2/c1-13(17(21)15-10-6-3-7-11-15)18-19-16(20)12-14-8-4-2-5-9-14/h2-11H,12H2,1H3,(H,19,20)/b18-13-. The van der Waals surface area contributed by atoms with Crippen LogP contribution in [0.3, 0.4) is 0 Å². The van der Waals surface area contributed by atoms with E-state index in [2.05, 4.69) is 10.5 Å². The summed E-state index contributed by atoms with van der Waals surface area (Å²) in [6.07, 6.45) is 0.233. The molecule has 0 heterocycles. The second-order valence-corrected chi connectivity index (χ2v) is 4.59. The van der Waals surface area contributed by atoms with E-state index in [0.717, 1.165) is 5.56 Å². The monoisotopic (exact) mass is 280 g/mol. The average molecular weight is 280 g/mol. The van der Waals surface area contributed by atoms with Gasteiger partial charge in [-0.3, -0.25) is 9.59 Å². The Bertz CT molecular complexity index is 649. The van der Waals surface area contributed by atoms with Crippen LogP contribution in [-0.4, -0.2) is 17.4 Å². The van der Waals surface area contributed by atoms with Crippen LogP contribution >= 0.6 is 0 Å². The van der Waals surface area contributed by atoms with Crippen LogP contribution in [0.5, 0.6) is 0 Å². The molecule has 0 fully saturated rings. The first-order valence-electron chi connectivity index (χ1n) is 6.63. The molecule has 0 bridgehead atoms. The smallest absolute Gasteiger partial charge is 0.244 e. The van der Waals surface area contributed by atoms with E-state index in [1.807, 2.05) is 36.4 Å². The van der Waals surface area contributed by atoms with Crippen molar-refractivity contribution in [3.05, 3.63) is 71.8 Å². The van der Waals surface area contributed by atoms with Gasteiger partial charge in [-0.2, -0.15) is 5.10 Å². The molecule has 0 radical (unpaired) electrons. The minimum absolute atomic E-state index is 0.199. The number of hydrogen-bond donors (Lipinski definition) is 1. The van der Waals surface area contributed by atoms with Gasteiger partial charge in [-0.1, -0.05) is 60.7 Å². The zero-order valence-corrected chi connectivity index (χ0v) is 11.7. The fourth-order valence-corrected chi connectivity index (χ4v) is 1.82. The molecule has 0 saturated heterocycles. The topological polar surface area (TPSA) is 58.5 Å². The molecule has 4 nitrogen and oxygen atoms in total. The summed E-state index contributed by atoms with van der Waals surface area (Å²) in [5, 5.41) is 3.86. The third-order valence-electron chi connectivity index (χ3n) is 2.92. The second-order valence-electron chi connectivity index (χ2n) is 4.59. The highest BCUT2D eigenvalue weighted by Gasteiger charge is 2.09. The summed E-state index contributed by atoms with van der Waals surface area (Å²) in [7, 11) is 0. The number of hydrogen-bond acceptors (Lipinski definition) is 3. The number of rotatable bonds is 5. The molecule has 0 aliphatic heterocycles. The highest BCUT2D eigenvalue weighted by Crippen LogP contribution is 2.02. The van der Waals surface area contributed by atoms with E-state index in [1.54, 1.807) is 31.2 Å². The molecule has 0 aromatic heterocycles. The number of carbonyl (C=O) groups is 2. The Balaban J connectivity index is 1.94. The quantitative estimate of drug-likeness (QED) is 0.520. The van der Waals surface area contributed by atoms with Crippen LogP contribution in [0, 0.1) is 0 Å². The van der Waals surface area contributed by atoms with Gasteiger partial charge in [0.2, 0.25) is 11.7 Å². The van der Waals surface area contributed by atoms with E-state index in [1.165, 1.54) is 0 Å². The maximum absolute atomic E-state index is 12.0. The highest BCUT2D eigenvalue weighted by atomic mass is 16.2. The van der Waals surface area contributed by atoms with Gasteiger partial charge in [0.15, 0.2) is 0 Å². The first-order chi connectivity index (χ1) is 10.2. The van der Waals surface area contributed by atoms with Crippen molar-refractivity contribution in [3.63, 3.8) is 0 Å². The maximum Gasteiger partial charge on any atom is 0.244 e. The summed E-state index contributed by atoms with van der Waals surface area (Å²) >= 11 is 0. The molecule has 0 spiro atoms. The molecular weight excluding hydrogens is 264 g/mol. The molecule has 2 aromatic rings. The van der Waals surface area contributed by atoms with E-state index in [4.69, 9.17) is 0 Å². The van der Waals surface area contributed by atoms with Gasteiger partial charge in [0, 0.05) is 5.56 Å². The number of amides is 1. The molecule has 106 valence electrons. The summed E-state index contributed by atoms with van der Waals surface area (Å²) in [5.41, 5.74) is 4.11. The normalized spacial score (nSPS) is 11.0. The van der Waals surface area contributed by atoms with Crippen LogP contribution in [0.2, 0.25) is 0 Å². The Morgan fingerprint density at radius 2 is 1.52 bits per heavy atom. The van der Waals surface area contributed by atoms with Crippen molar-refractivity contribution in [1.29, 1.82) is 0 Å². The molecule has 21 heavy (non-hydrogen) atoms. The molecule has 1 amide bonds. The largest absolute Gasteiger partial charge is 0.287 e. The first-order valence-corrected chi connectivity index (χ1v) is 6.63. The van der Waals surface area contributed by atoms with E-state index in [0.29, 0.717) is 5.56 Å². The molecule has 4 heteroatoms. The SMILES string of the molecule is C/C(=N/NC(=O)Cc1ccccc1)C(=O)c1ccccc1. The number of hydrazone groups is 1. The number of nitrogens with one attached hydrogen (secondary N) is 1. The number of carbonyl (C=O) groups excluding carboxylic acids is 2. The summed E-state index contributed by atoms with van der Waals surface area (Å²) < 4.78 is 0. The van der Waals surface area contributed by atoms with Crippen molar-refractivity contribution < 1.29 is 9.59 Å². The molecule has 2 rings (SSSR count). The second kappa shape index (κ2) is 7.14. The summed E-state index contributed by atoms with van der Waals surface area (Å²) in [6.45, 7) is 1.58. The van der Waals surface area contributed by atoms with Gasteiger partial charge in [0.1, 0.15) is 5.71 Å². The van der Waals surface area contributed by atoms with Gasteiger partial charge in [0.05, 0.1) is 6.42 Å². The highest BCUT2D eigenvalue weighted by molar-refractivity contribution is 6.45. The van der Waals surface area contributed by atoms with Crippen LogP contribution in [0.15, 0.2) is 65.8 Å². The van der Waals surface area contributed by atoms with Crippen LogP contribution < -0.4 is 5.43 Å². The van der Waals surface area contributed by atoms with Crippen molar-refractivity contribution in [2.24, 2.45) is 5.10 Å². The first kappa shape index (κ1) is 14.7. The molecule has 2 aromatic carbocycles. The van der Waals surface area contributed by atoms with E-state index in [-0.39, 0.29) is 23.8 Å². The van der Waals surface area contributed by atoms with Gasteiger partial charge >= 0.3 is 0 Å². The van der Waals surface area contributed by atoms with Crippen molar-refractivity contribution in [3.8, 4) is 0 Å². The number of benzene rings is 2. The Morgan fingerprint density at radius 1 is 0.952 bits per heavy atom. The van der Waals surface area contributed by atoms with Crippen molar-refractivity contribution in [2.75, 3.05) is 0 Å². The van der Waals surface area contributed by atoms with Gasteiger partial charge < -0.3 is 0 Å². The number of Topliss-reactive ketones (excluding diaryl/α,β-unsaturated/α-hetero) is 1. The van der Waals surface area contributed by atoms with E-state index < -0.39 is 0 Å². The van der Waals surface area contributed by atoms with Gasteiger partial charge in [-0.25, -0.2) is 5.43 Å². The average Bonchev–Trinajstić information content (AvgIpc) is 2.53. The van der Waals surface area contributed by atoms with Gasteiger partial charge in [-0.15, -0.1) is 0 Å². The summed E-state index contributed by atoms with van der Waals surface area (Å²) in [5.74, 6) is -0.447. The number of ketones is 1. The molecule has 0 aliphatic carbocycles. The lowest BCUT2D eigenvalue weighted by molar-refractivity contribution is -0.120. The predicted molar refractivity (Wildman–Crippen MR) is 82.2 cm³/mol. The Morgan fingerprint density at radius 3 is 2.14 bits per heavy atom. The van der Waals surface area contributed by atoms with Crippen LogP contribution in [-0.2, 0) is 11.2 Å². The lowest BCUT2D eigenvalue weighted by Crippen LogP contribution is -2.23. The molecule has 0 aliphatic rings. The van der Waals surface area contributed by atoms with Gasteiger partial charge in [-0.05, 0) is 12.5 Å². The summed E-state index contributed by atoms with van der Waals surface area (Å²) in [6, 6.07) is 18.2. The fraction of sp³-hybridized carbons (Fsp3) is 0.118. The lowest BCUT2D eigenvalue weighted by atomic mass is 10.1. The molecule has 0 atom stereocenters.